The Morgan fingerprint density at radius 3 is 2.96 bits per heavy atom. The molecular weight excluding hydrogens is 332 g/mol. The van der Waals surface area contributed by atoms with E-state index in [1.54, 1.807) is 18.3 Å². The van der Waals surface area contributed by atoms with Gasteiger partial charge in [-0.25, -0.2) is 9.97 Å². The highest BCUT2D eigenvalue weighted by atomic mass is 35.5. The second-order valence-corrected chi connectivity index (χ2v) is 6.66. The van der Waals surface area contributed by atoms with E-state index in [0.29, 0.717) is 17.6 Å². The molecule has 1 aliphatic rings. The van der Waals surface area contributed by atoms with Crippen molar-refractivity contribution in [3.05, 3.63) is 23.5 Å². The fourth-order valence-corrected chi connectivity index (χ4v) is 3.04. The van der Waals surface area contributed by atoms with Crippen molar-refractivity contribution < 1.29 is 14.3 Å². The molecule has 0 aromatic carbocycles. The molecule has 0 saturated heterocycles. The van der Waals surface area contributed by atoms with Crippen LogP contribution >= 0.6 is 11.6 Å². The first-order valence-corrected chi connectivity index (χ1v) is 7.79. The van der Waals surface area contributed by atoms with E-state index in [2.05, 4.69) is 20.0 Å². The number of halogens is 1. The van der Waals surface area contributed by atoms with Crippen molar-refractivity contribution in [3.63, 3.8) is 0 Å². The van der Waals surface area contributed by atoms with Crippen LogP contribution in [0.25, 0.3) is 10.8 Å². The summed E-state index contributed by atoms with van der Waals surface area (Å²) in [6.45, 7) is 1.90. The topological polar surface area (TPSA) is 107 Å². The van der Waals surface area contributed by atoms with Gasteiger partial charge in [-0.3, -0.25) is 9.59 Å². The molecule has 2 unspecified atom stereocenters. The molecule has 1 aliphatic carbocycles. The summed E-state index contributed by atoms with van der Waals surface area (Å²) >= 11 is 5.90. The van der Waals surface area contributed by atoms with E-state index in [0.717, 1.165) is 5.39 Å². The number of aromatic nitrogens is 2. The molecular formula is C16H17ClN4O3. The predicted octanol–water partition coefficient (Wildman–Crippen LogP) is 2.39. The van der Waals surface area contributed by atoms with E-state index in [1.807, 2.05) is 6.92 Å². The van der Waals surface area contributed by atoms with Gasteiger partial charge < -0.3 is 15.8 Å². The first kappa shape index (κ1) is 16.4. The standard InChI is InChI=1S/C16H17ClN4O3/c1-16(6-13(22)24-2)5-10(16)15(23)21-12-4-8-3-11(17)20-14(18)9(8)7-19-12/h3-4,7,10H,5-6H2,1-2H3,(H2,18,20)(H,19,21,23). The molecule has 2 heterocycles. The number of carbonyl (C=O) groups is 2. The van der Waals surface area contributed by atoms with Crippen molar-refractivity contribution in [3.8, 4) is 0 Å². The molecule has 3 rings (SSSR count). The van der Waals surface area contributed by atoms with Gasteiger partial charge in [0.1, 0.15) is 16.8 Å². The predicted molar refractivity (Wildman–Crippen MR) is 90.4 cm³/mol. The molecule has 1 saturated carbocycles. The summed E-state index contributed by atoms with van der Waals surface area (Å²) in [6, 6.07) is 3.35. The highest BCUT2D eigenvalue weighted by Crippen LogP contribution is 2.55. The van der Waals surface area contributed by atoms with Crippen molar-refractivity contribution in [1.29, 1.82) is 0 Å². The number of nitrogens with one attached hydrogen (secondary N) is 1. The van der Waals surface area contributed by atoms with Gasteiger partial charge in [0, 0.05) is 17.5 Å². The fourth-order valence-electron chi connectivity index (χ4n) is 2.84. The Balaban J connectivity index is 1.74. The van der Waals surface area contributed by atoms with Crippen molar-refractivity contribution in [2.24, 2.45) is 11.3 Å². The SMILES string of the molecule is COC(=O)CC1(C)CC1C(=O)Nc1cc2cc(Cl)nc(N)c2cn1. The average molecular weight is 349 g/mol. The van der Waals surface area contributed by atoms with Crippen LogP contribution in [0.4, 0.5) is 11.6 Å². The van der Waals surface area contributed by atoms with Gasteiger partial charge in [-0.05, 0) is 29.4 Å². The van der Waals surface area contributed by atoms with E-state index in [-0.39, 0.29) is 40.6 Å². The van der Waals surface area contributed by atoms with Gasteiger partial charge in [0.25, 0.3) is 0 Å². The monoisotopic (exact) mass is 348 g/mol. The molecule has 0 radical (unpaired) electrons. The van der Waals surface area contributed by atoms with Crippen LogP contribution in [0, 0.1) is 11.3 Å². The molecule has 0 aliphatic heterocycles. The minimum atomic E-state index is -0.355. The zero-order valence-corrected chi connectivity index (χ0v) is 14.1. The molecule has 1 amide bonds. The summed E-state index contributed by atoms with van der Waals surface area (Å²) in [6.07, 6.45) is 2.42. The zero-order valence-electron chi connectivity index (χ0n) is 13.3. The summed E-state index contributed by atoms with van der Waals surface area (Å²) in [4.78, 5) is 31.9. The number of anilines is 2. The Bertz CT molecular complexity index is 841. The Labute approximate surface area is 143 Å². The van der Waals surface area contributed by atoms with Crippen molar-refractivity contribution in [2.75, 3.05) is 18.2 Å². The summed E-state index contributed by atoms with van der Waals surface area (Å²) < 4.78 is 4.67. The number of fused-ring (bicyclic) bond motifs is 1. The lowest BCUT2D eigenvalue weighted by molar-refractivity contribution is -0.142. The highest BCUT2D eigenvalue weighted by molar-refractivity contribution is 6.30. The smallest absolute Gasteiger partial charge is 0.306 e. The third-order valence-electron chi connectivity index (χ3n) is 4.41. The minimum Gasteiger partial charge on any atom is -0.469 e. The second kappa shape index (κ2) is 5.90. The molecule has 126 valence electrons. The van der Waals surface area contributed by atoms with Crippen LogP contribution in [-0.2, 0) is 14.3 Å². The van der Waals surface area contributed by atoms with Gasteiger partial charge in [0.2, 0.25) is 5.91 Å². The summed E-state index contributed by atoms with van der Waals surface area (Å²) in [5.41, 5.74) is 5.44. The zero-order chi connectivity index (χ0) is 17.5. The number of nitrogens with two attached hydrogens (primary N) is 1. The van der Waals surface area contributed by atoms with Gasteiger partial charge in [-0.15, -0.1) is 0 Å². The van der Waals surface area contributed by atoms with Gasteiger partial charge in [0.05, 0.1) is 13.5 Å². The number of hydrogen-bond donors (Lipinski definition) is 2. The maximum Gasteiger partial charge on any atom is 0.306 e. The van der Waals surface area contributed by atoms with E-state index < -0.39 is 0 Å². The first-order valence-electron chi connectivity index (χ1n) is 7.42. The second-order valence-electron chi connectivity index (χ2n) is 6.27. The lowest BCUT2D eigenvalue weighted by atomic mass is 10.0. The normalized spacial score (nSPS) is 22.2. The summed E-state index contributed by atoms with van der Waals surface area (Å²) in [7, 11) is 1.34. The van der Waals surface area contributed by atoms with Gasteiger partial charge in [-0.1, -0.05) is 18.5 Å². The third kappa shape index (κ3) is 3.12. The van der Waals surface area contributed by atoms with Crippen molar-refractivity contribution >= 4 is 45.9 Å². The quantitative estimate of drug-likeness (QED) is 0.649. The molecule has 8 heteroatoms. The number of hydrogen-bond acceptors (Lipinski definition) is 6. The number of amides is 1. The van der Waals surface area contributed by atoms with E-state index >= 15 is 0 Å². The Kier molecular flexibility index (Phi) is 4.04. The van der Waals surface area contributed by atoms with Crippen LogP contribution in [0.5, 0.6) is 0 Å². The highest BCUT2D eigenvalue weighted by Gasteiger charge is 2.55. The maximum atomic E-state index is 12.4. The molecule has 24 heavy (non-hydrogen) atoms. The van der Waals surface area contributed by atoms with E-state index in [1.165, 1.54) is 7.11 Å². The van der Waals surface area contributed by atoms with Crippen LogP contribution in [-0.4, -0.2) is 29.0 Å². The first-order chi connectivity index (χ1) is 11.3. The van der Waals surface area contributed by atoms with Crippen molar-refractivity contribution in [2.45, 2.75) is 19.8 Å². The Morgan fingerprint density at radius 2 is 2.25 bits per heavy atom. The average Bonchev–Trinajstić information content (AvgIpc) is 3.18. The Morgan fingerprint density at radius 1 is 1.50 bits per heavy atom. The van der Waals surface area contributed by atoms with Gasteiger partial charge >= 0.3 is 5.97 Å². The van der Waals surface area contributed by atoms with E-state index in [9.17, 15) is 9.59 Å². The number of ether oxygens (including phenoxy) is 1. The number of nitrogens with zero attached hydrogens (tertiary/aromatic N) is 2. The maximum absolute atomic E-state index is 12.4. The molecule has 2 aromatic rings. The lowest BCUT2D eigenvalue weighted by Gasteiger charge is -2.10. The molecule has 0 bridgehead atoms. The Hall–Kier alpha value is -2.41. The van der Waals surface area contributed by atoms with Crippen LogP contribution in [0.1, 0.15) is 19.8 Å². The number of pyridine rings is 2. The molecule has 1 fully saturated rings. The third-order valence-corrected chi connectivity index (χ3v) is 4.60. The largest absolute Gasteiger partial charge is 0.469 e. The van der Waals surface area contributed by atoms with Crippen LogP contribution in [0.3, 0.4) is 0 Å². The minimum absolute atomic E-state index is 0.165. The lowest BCUT2D eigenvalue weighted by Crippen LogP contribution is -2.20. The molecule has 2 aromatic heterocycles. The number of carbonyl (C=O) groups excluding carboxylic acids is 2. The number of esters is 1. The van der Waals surface area contributed by atoms with Crippen LogP contribution < -0.4 is 11.1 Å². The number of nitrogen functional groups attached to an aromatic ring is 1. The van der Waals surface area contributed by atoms with Gasteiger partial charge in [-0.2, -0.15) is 0 Å². The molecule has 7 nitrogen and oxygen atoms in total. The van der Waals surface area contributed by atoms with Gasteiger partial charge in [0.15, 0.2) is 0 Å². The number of methoxy groups -OCH3 is 1. The summed E-state index contributed by atoms with van der Waals surface area (Å²) in [5, 5.41) is 4.46. The van der Waals surface area contributed by atoms with Crippen LogP contribution in [0.15, 0.2) is 18.3 Å². The molecule has 0 spiro atoms. The molecule has 3 N–H and O–H groups in total. The van der Waals surface area contributed by atoms with Crippen molar-refractivity contribution in [1.82, 2.24) is 9.97 Å². The van der Waals surface area contributed by atoms with E-state index in [4.69, 9.17) is 17.3 Å². The fraction of sp³-hybridized carbons (Fsp3) is 0.375. The number of rotatable bonds is 4. The molecule has 2 atom stereocenters. The van der Waals surface area contributed by atoms with Crippen LogP contribution in [0.2, 0.25) is 5.15 Å². The summed E-state index contributed by atoms with van der Waals surface area (Å²) in [5.74, 6) is -0.0203.